The van der Waals surface area contributed by atoms with Gasteiger partial charge in [0.05, 0.1) is 11.9 Å². The summed E-state index contributed by atoms with van der Waals surface area (Å²) >= 11 is 0. The topological polar surface area (TPSA) is 68.0 Å². The molecule has 4 nitrogen and oxygen atoms in total. The fourth-order valence-electron chi connectivity index (χ4n) is 1.79. The molecular formula is C16H19N3O. The fraction of sp³-hybridized carbons (Fsp3) is 0.250. The maximum Gasteiger partial charge on any atom is 0.256 e. The Labute approximate surface area is 119 Å². The highest BCUT2D eigenvalue weighted by molar-refractivity contribution is 6.03. The van der Waals surface area contributed by atoms with E-state index in [4.69, 9.17) is 5.73 Å². The van der Waals surface area contributed by atoms with E-state index in [1.807, 2.05) is 24.3 Å². The molecule has 0 spiro atoms. The van der Waals surface area contributed by atoms with Crippen molar-refractivity contribution >= 4 is 17.4 Å². The van der Waals surface area contributed by atoms with Gasteiger partial charge in [0.25, 0.3) is 5.91 Å². The minimum absolute atomic E-state index is 0.0769. The van der Waals surface area contributed by atoms with Gasteiger partial charge in [-0.2, -0.15) is 0 Å². The van der Waals surface area contributed by atoms with Gasteiger partial charge < -0.3 is 11.1 Å². The van der Waals surface area contributed by atoms with Crippen molar-refractivity contribution in [3.8, 4) is 0 Å². The third kappa shape index (κ3) is 3.35. The quantitative estimate of drug-likeness (QED) is 0.879. The summed E-state index contributed by atoms with van der Waals surface area (Å²) in [6.07, 6.45) is 1.51. The predicted molar refractivity (Wildman–Crippen MR) is 81.7 cm³/mol. The Hall–Kier alpha value is -2.36. The van der Waals surface area contributed by atoms with Crippen molar-refractivity contribution in [2.45, 2.75) is 26.2 Å². The molecule has 1 amide bonds. The lowest BCUT2D eigenvalue weighted by Gasteiger charge is -2.19. The number of nitrogens with two attached hydrogens (primary N) is 1. The van der Waals surface area contributed by atoms with Crippen molar-refractivity contribution in [2.75, 3.05) is 11.1 Å². The van der Waals surface area contributed by atoms with E-state index in [0.29, 0.717) is 17.1 Å². The summed E-state index contributed by atoms with van der Waals surface area (Å²) in [6.45, 7) is 6.42. The van der Waals surface area contributed by atoms with Crippen molar-refractivity contribution in [1.29, 1.82) is 0 Å². The number of hydrogen-bond donors (Lipinski definition) is 2. The Kier molecular flexibility index (Phi) is 3.74. The van der Waals surface area contributed by atoms with Crippen molar-refractivity contribution in [3.05, 3.63) is 53.7 Å². The lowest BCUT2D eigenvalue weighted by molar-refractivity contribution is 0.102. The molecule has 1 heterocycles. The van der Waals surface area contributed by atoms with Gasteiger partial charge >= 0.3 is 0 Å². The monoisotopic (exact) mass is 269 g/mol. The zero-order valence-electron chi connectivity index (χ0n) is 12.0. The van der Waals surface area contributed by atoms with Gasteiger partial charge in [-0.3, -0.25) is 4.79 Å². The number of rotatable bonds is 2. The van der Waals surface area contributed by atoms with Gasteiger partial charge in [0.1, 0.15) is 5.82 Å². The molecule has 2 aromatic rings. The molecule has 0 saturated heterocycles. The largest absolute Gasteiger partial charge is 0.397 e. The van der Waals surface area contributed by atoms with E-state index in [-0.39, 0.29) is 11.3 Å². The predicted octanol–water partition coefficient (Wildman–Crippen LogP) is 3.21. The summed E-state index contributed by atoms with van der Waals surface area (Å²) in [4.78, 5) is 16.1. The Balaban J connectivity index is 2.11. The first-order chi connectivity index (χ1) is 9.36. The molecule has 0 aliphatic carbocycles. The van der Waals surface area contributed by atoms with Gasteiger partial charge in [-0.05, 0) is 35.2 Å². The molecule has 0 radical (unpaired) electrons. The van der Waals surface area contributed by atoms with E-state index in [2.05, 4.69) is 31.1 Å². The maximum atomic E-state index is 12.1. The van der Waals surface area contributed by atoms with Gasteiger partial charge in [-0.25, -0.2) is 4.98 Å². The van der Waals surface area contributed by atoms with E-state index < -0.39 is 0 Å². The molecule has 104 valence electrons. The molecule has 1 aromatic carbocycles. The number of nitrogens with zero attached hydrogens (tertiary/aromatic N) is 1. The second kappa shape index (κ2) is 5.33. The van der Waals surface area contributed by atoms with E-state index >= 15 is 0 Å². The number of carbonyl (C=O) groups excluding carboxylic acids is 1. The lowest BCUT2D eigenvalue weighted by atomic mass is 9.87. The normalized spacial score (nSPS) is 11.2. The fourth-order valence-corrected chi connectivity index (χ4v) is 1.79. The molecule has 3 N–H and O–H groups in total. The number of hydrogen-bond acceptors (Lipinski definition) is 3. The van der Waals surface area contributed by atoms with Crippen LogP contribution in [-0.4, -0.2) is 10.9 Å². The number of nitrogen functional groups attached to an aromatic ring is 1. The second-order valence-corrected chi connectivity index (χ2v) is 5.76. The smallest absolute Gasteiger partial charge is 0.256 e. The third-order valence-corrected chi connectivity index (χ3v) is 3.04. The summed E-state index contributed by atoms with van der Waals surface area (Å²) in [5, 5.41) is 2.74. The van der Waals surface area contributed by atoms with E-state index in [1.165, 1.54) is 11.8 Å². The average molecular weight is 269 g/mol. The molecule has 0 saturated carbocycles. The Morgan fingerprint density at radius 1 is 1.10 bits per heavy atom. The summed E-state index contributed by atoms with van der Waals surface area (Å²) in [6, 6.07) is 11.0. The van der Waals surface area contributed by atoms with Gasteiger partial charge in [0.2, 0.25) is 0 Å². The van der Waals surface area contributed by atoms with Crippen LogP contribution in [0.4, 0.5) is 11.5 Å². The zero-order valence-corrected chi connectivity index (χ0v) is 12.0. The number of benzene rings is 1. The van der Waals surface area contributed by atoms with Gasteiger partial charge in [-0.15, -0.1) is 0 Å². The van der Waals surface area contributed by atoms with Crippen LogP contribution in [0.3, 0.4) is 0 Å². The van der Waals surface area contributed by atoms with E-state index in [9.17, 15) is 4.79 Å². The summed E-state index contributed by atoms with van der Waals surface area (Å²) in [5.74, 6) is 0.312. The number of amides is 1. The molecule has 1 aromatic heterocycles. The number of nitrogens with one attached hydrogen (secondary N) is 1. The lowest BCUT2D eigenvalue weighted by Crippen LogP contribution is -2.15. The molecule has 0 unspecified atom stereocenters. The molecule has 2 rings (SSSR count). The minimum Gasteiger partial charge on any atom is -0.397 e. The van der Waals surface area contributed by atoms with E-state index in [1.54, 1.807) is 12.1 Å². The van der Waals surface area contributed by atoms with Crippen LogP contribution < -0.4 is 11.1 Å². The summed E-state index contributed by atoms with van der Waals surface area (Å²) < 4.78 is 0. The first-order valence-electron chi connectivity index (χ1n) is 6.50. The number of anilines is 2. The van der Waals surface area contributed by atoms with Crippen LogP contribution in [-0.2, 0) is 5.41 Å². The number of aromatic nitrogens is 1. The molecule has 4 heteroatoms. The number of carbonyl (C=O) groups is 1. The summed E-state index contributed by atoms with van der Waals surface area (Å²) in [5.41, 5.74) is 8.00. The minimum atomic E-state index is -0.178. The molecular weight excluding hydrogens is 250 g/mol. The highest BCUT2D eigenvalue weighted by Gasteiger charge is 2.14. The van der Waals surface area contributed by atoms with Gasteiger partial charge in [0.15, 0.2) is 0 Å². The molecule has 0 aliphatic heterocycles. The standard InChI is InChI=1S/C16H19N3O/c1-16(2,3)12-6-4-11(5-7-12)15(20)19-14-9-8-13(17)10-18-14/h4-10H,17H2,1-3H3,(H,18,19,20). The van der Waals surface area contributed by atoms with Crippen LogP contribution in [0.5, 0.6) is 0 Å². The molecule has 0 aliphatic rings. The van der Waals surface area contributed by atoms with Crippen molar-refractivity contribution in [2.24, 2.45) is 0 Å². The van der Waals surface area contributed by atoms with Crippen LogP contribution in [0.1, 0.15) is 36.7 Å². The first-order valence-corrected chi connectivity index (χ1v) is 6.50. The van der Waals surface area contributed by atoms with Crippen LogP contribution in [0.25, 0.3) is 0 Å². The van der Waals surface area contributed by atoms with Gasteiger partial charge in [0, 0.05) is 5.56 Å². The van der Waals surface area contributed by atoms with Crippen LogP contribution in [0.2, 0.25) is 0 Å². The zero-order chi connectivity index (χ0) is 14.8. The Morgan fingerprint density at radius 2 is 1.75 bits per heavy atom. The highest BCUT2D eigenvalue weighted by atomic mass is 16.1. The molecule has 20 heavy (non-hydrogen) atoms. The molecule has 0 bridgehead atoms. The maximum absolute atomic E-state index is 12.1. The van der Waals surface area contributed by atoms with Crippen molar-refractivity contribution in [3.63, 3.8) is 0 Å². The molecule has 0 fully saturated rings. The Bertz CT molecular complexity index is 595. The third-order valence-electron chi connectivity index (χ3n) is 3.04. The van der Waals surface area contributed by atoms with Crippen molar-refractivity contribution < 1.29 is 4.79 Å². The first kappa shape index (κ1) is 14.1. The van der Waals surface area contributed by atoms with Crippen LogP contribution >= 0.6 is 0 Å². The SMILES string of the molecule is CC(C)(C)c1ccc(C(=O)Nc2ccc(N)cn2)cc1. The summed E-state index contributed by atoms with van der Waals surface area (Å²) in [7, 11) is 0. The second-order valence-electron chi connectivity index (χ2n) is 5.76. The van der Waals surface area contributed by atoms with Crippen LogP contribution in [0.15, 0.2) is 42.6 Å². The van der Waals surface area contributed by atoms with E-state index in [0.717, 1.165) is 0 Å². The van der Waals surface area contributed by atoms with Crippen molar-refractivity contribution in [1.82, 2.24) is 4.98 Å². The number of pyridine rings is 1. The van der Waals surface area contributed by atoms with Crippen LogP contribution in [0, 0.1) is 0 Å². The van der Waals surface area contributed by atoms with Gasteiger partial charge in [-0.1, -0.05) is 32.9 Å². The average Bonchev–Trinajstić information content (AvgIpc) is 2.40. The highest BCUT2D eigenvalue weighted by Crippen LogP contribution is 2.22. The Morgan fingerprint density at radius 3 is 2.25 bits per heavy atom. The molecule has 0 atom stereocenters.